The van der Waals surface area contributed by atoms with Crippen molar-refractivity contribution in [2.24, 2.45) is 5.73 Å². The van der Waals surface area contributed by atoms with Gasteiger partial charge in [-0.1, -0.05) is 28.1 Å². The summed E-state index contributed by atoms with van der Waals surface area (Å²) < 4.78 is 38.4. The average molecular weight is 312 g/mol. The molecule has 3 nitrogen and oxygen atoms in total. The summed E-state index contributed by atoms with van der Waals surface area (Å²) >= 11 is 3.09. The Hall–Kier alpha value is -1.08. The Kier molecular flexibility index (Phi) is 3.83. The molecule has 0 amide bonds. The normalized spacial score (nSPS) is 15.4. The first-order valence-corrected chi connectivity index (χ1v) is 5.29. The summed E-state index contributed by atoms with van der Waals surface area (Å²) in [6, 6.07) is 5.92. The molecule has 0 aromatic heterocycles. The van der Waals surface area contributed by atoms with Gasteiger partial charge in [-0.15, -0.1) is 0 Å². The average Bonchev–Trinajstić information content (AvgIpc) is 2.15. The number of carbonyl (C=O) groups is 1. The van der Waals surface area contributed by atoms with Gasteiger partial charge in [0.15, 0.2) is 0 Å². The van der Waals surface area contributed by atoms with E-state index < -0.39 is 24.1 Å². The molecule has 94 valence electrons. The Morgan fingerprint density at radius 3 is 2.41 bits per heavy atom. The van der Waals surface area contributed by atoms with Gasteiger partial charge >= 0.3 is 12.1 Å². The number of hydrogen-bond donors (Lipinski definition) is 2. The molecular formula is C10H9BrF3NO2. The molecule has 1 aromatic carbocycles. The van der Waals surface area contributed by atoms with Crippen LogP contribution in [0.15, 0.2) is 28.7 Å². The molecule has 0 aliphatic rings. The second-order valence-electron chi connectivity index (χ2n) is 3.58. The van der Waals surface area contributed by atoms with Crippen LogP contribution < -0.4 is 5.73 Å². The molecular weight excluding hydrogens is 303 g/mol. The Bertz CT molecular complexity index is 436. The zero-order valence-corrected chi connectivity index (χ0v) is 10.0. The maximum atomic E-state index is 12.6. The second kappa shape index (κ2) is 4.66. The predicted molar refractivity (Wildman–Crippen MR) is 58.5 cm³/mol. The summed E-state index contributed by atoms with van der Waals surface area (Å²) in [5.41, 5.74) is 1.89. The van der Waals surface area contributed by atoms with Crippen molar-refractivity contribution in [2.45, 2.75) is 18.1 Å². The number of carboxylic acid groups (broad SMARTS) is 1. The van der Waals surface area contributed by atoms with E-state index in [4.69, 9.17) is 10.8 Å². The van der Waals surface area contributed by atoms with Gasteiger partial charge in [0.2, 0.25) is 5.54 Å². The van der Waals surface area contributed by atoms with Crippen LogP contribution in [0.3, 0.4) is 0 Å². The number of carboxylic acids is 1. The van der Waals surface area contributed by atoms with Crippen LogP contribution in [0.25, 0.3) is 0 Å². The lowest BCUT2D eigenvalue weighted by atomic mass is 9.91. The third kappa shape index (κ3) is 2.98. The van der Waals surface area contributed by atoms with Gasteiger partial charge in [-0.2, -0.15) is 13.2 Å². The number of hydrogen-bond acceptors (Lipinski definition) is 2. The molecule has 0 spiro atoms. The van der Waals surface area contributed by atoms with E-state index in [-0.39, 0.29) is 5.56 Å². The Balaban J connectivity index is 3.08. The van der Waals surface area contributed by atoms with Crippen molar-refractivity contribution in [2.75, 3.05) is 0 Å². The smallest absolute Gasteiger partial charge is 0.417 e. The molecule has 17 heavy (non-hydrogen) atoms. The fraction of sp³-hybridized carbons (Fsp3) is 0.300. The monoisotopic (exact) mass is 311 g/mol. The van der Waals surface area contributed by atoms with E-state index >= 15 is 0 Å². The summed E-state index contributed by atoms with van der Waals surface area (Å²) in [6.07, 6.45) is -5.83. The van der Waals surface area contributed by atoms with Gasteiger partial charge < -0.3 is 10.8 Å². The predicted octanol–water partition coefficient (Wildman–Crippen LogP) is 2.34. The Morgan fingerprint density at radius 1 is 1.41 bits per heavy atom. The lowest BCUT2D eigenvalue weighted by Gasteiger charge is -2.27. The minimum atomic E-state index is -5.01. The van der Waals surface area contributed by atoms with Crippen LogP contribution >= 0.6 is 15.9 Å². The first kappa shape index (κ1) is 14.0. The lowest BCUT2D eigenvalue weighted by Crippen LogP contribution is -2.61. The molecule has 0 fully saturated rings. The number of aliphatic carboxylic acids is 1. The first-order valence-electron chi connectivity index (χ1n) is 4.50. The summed E-state index contributed by atoms with van der Waals surface area (Å²) in [6.45, 7) is 0. The Labute approximate surface area is 104 Å². The topological polar surface area (TPSA) is 63.3 Å². The minimum Gasteiger partial charge on any atom is -0.480 e. The van der Waals surface area contributed by atoms with Crippen molar-refractivity contribution in [3.8, 4) is 0 Å². The van der Waals surface area contributed by atoms with Gasteiger partial charge in [-0.3, -0.25) is 0 Å². The van der Waals surface area contributed by atoms with Crippen LogP contribution in [0.5, 0.6) is 0 Å². The van der Waals surface area contributed by atoms with E-state index in [9.17, 15) is 18.0 Å². The van der Waals surface area contributed by atoms with E-state index in [0.717, 1.165) is 0 Å². The molecule has 3 N–H and O–H groups in total. The van der Waals surface area contributed by atoms with Gasteiger partial charge in [0.25, 0.3) is 0 Å². The maximum Gasteiger partial charge on any atom is 0.417 e. The highest BCUT2D eigenvalue weighted by Crippen LogP contribution is 2.32. The third-order valence-electron chi connectivity index (χ3n) is 2.26. The van der Waals surface area contributed by atoms with Crippen molar-refractivity contribution in [1.82, 2.24) is 0 Å². The van der Waals surface area contributed by atoms with E-state index in [0.29, 0.717) is 4.47 Å². The lowest BCUT2D eigenvalue weighted by molar-refractivity contribution is -0.201. The fourth-order valence-corrected chi connectivity index (χ4v) is 1.71. The Morgan fingerprint density at radius 2 is 2.00 bits per heavy atom. The van der Waals surface area contributed by atoms with Gasteiger partial charge in [0, 0.05) is 10.9 Å². The number of rotatable bonds is 3. The largest absolute Gasteiger partial charge is 0.480 e. The molecule has 0 saturated carbocycles. The SMILES string of the molecule is NC(Cc1cccc(Br)c1)(C(=O)O)C(F)(F)F. The zero-order chi connectivity index (χ0) is 13.3. The van der Waals surface area contributed by atoms with E-state index in [1.165, 1.54) is 18.2 Å². The second-order valence-corrected chi connectivity index (χ2v) is 4.50. The van der Waals surface area contributed by atoms with Crippen molar-refractivity contribution >= 4 is 21.9 Å². The molecule has 1 unspecified atom stereocenters. The van der Waals surface area contributed by atoms with Gasteiger partial charge in [0.1, 0.15) is 0 Å². The van der Waals surface area contributed by atoms with Crippen LogP contribution in [-0.2, 0) is 11.2 Å². The maximum absolute atomic E-state index is 12.6. The van der Waals surface area contributed by atoms with Crippen LogP contribution in [0.1, 0.15) is 5.56 Å². The van der Waals surface area contributed by atoms with Crippen molar-refractivity contribution < 1.29 is 23.1 Å². The first-order chi connectivity index (χ1) is 7.67. The molecule has 7 heteroatoms. The summed E-state index contributed by atoms with van der Waals surface area (Å²) in [4.78, 5) is 10.7. The quantitative estimate of drug-likeness (QED) is 0.900. The molecule has 0 radical (unpaired) electrons. The highest BCUT2D eigenvalue weighted by Gasteiger charge is 2.58. The van der Waals surface area contributed by atoms with Crippen LogP contribution in [-0.4, -0.2) is 22.8 Å². The van der Waals surface area contributed by atoms with Gasteiger partial charge in [-0.05, 0) is 17.7 Å². The van der Waals surface area contributed by atoms with E-state index in [1.54, 1.807) is 6.07 Å². The third-order valence-corrected chi connectivity index (χ3v) is 2.75. The zero-order valence-electron chi connectivity index (χ0n) is 8.46. The van der Waals surface area contributed by atoms with E-state index in [2.05, 4.69) is 15.9 Å². The van der Waals surface area contributed by atoms with Crippen LogP contribution in [0, 0.1) is 0 Å². The van der Waals surface area contributed by atoms with Crippen molar-refractivity contribution in [3.63, 3.8) is 0 Å². The molecule has 1 atom stereocenters. The molecule has 0 saturated heterocycles. The number of alkyl halides is 3. The number of nitrogens with two attached hydrogens (primary N) is 1. The summed E-state index contributed by atoms with van der Waals surface area (Å²) in [7, 11) is 0. The van der Waals surface area contributed by atoms with Gasteiger partial charge in [0.05, 0.1) is 0 Å². The highest BCUT2D eigenvalue weighted by molar-refractivity contribution is 9.10. The molecule has 0 aliphatic heterocycles. The molecule has 0 aliphatic carbocycles. The minimum absolute atomic E-state index is 0.196. The van der Waals surface area contributed by atoms with Crippen molar-refractivity contribution in [3.05, 3.63) is 34.3 Å². The van der Waals surface area contributed by atoms with Crippen LogP contribution in [0.2, 0.25) is 0 Å². The van der Waals surface area contributed by atoms with Gasteiger partial charge in [-0.25, -0.2) is 4.79 Å². The van der Waals surface area contributed by atoms with Crippen molar-refractivity contribution in [1.29, 1.82) is 0 Å². The summed E-state index contributed by atoms with van der Waals surface area (Å²) in [5.74, 6) is -2.09. The molecule has 0 heterocycles. The number of benzene rings is 1. The highest BCUT2D eigenvalue weighted by atomic mass is 79.9. The summed E-state index contributed by atoms with van der Waals surface area (Å²) in [5, 5.41) is 8.64. The molecule has 1 aromatic rings. The standard InChI is InChI=1S/C10H9BrF3NO2/c11-7-3-1-2-6(4-7)5-9(15,8(16)17)10(12,13)14/h1-4H,5,15H2,(H,16,17). The fourth-order valence-electron chi connectivity index (χ4n) is 1.27. The molecule has 1 rings (SSSR count). The van der Waals surface area contributed by atoms with E-state index in [1.807, 2.05) is 0 Å². The molecule has 0 bridgehead atoms. The van der Waals surface area contributed by atoms with Crippen LogP contribution in [0.4, 0.5) is 13.2 Å². The number of halogens is 4.